The third-order valence-electron chi connectivity index (χ3n) is 5.11. The van der Waals surface area contributed by atoms with Crippen LogP contribution in [0.1, 0.15) is 48.8 Å². The molecular weight excluding hydrogens is 332 g/mol. The molecule has 0 bridgehead atoms. The maximum Gasteiger partial charge on any atom is 0.346 e. The molecule has 8 heteroatoms. The number of nitriles is 1. The highest BCUT2D eigenvalue weighted by Crippen LogP contribution is 2.25. The molecular formula is C18H20N6O2. The Morgan fingerprint density at radius 3 is 2.77 bits per heavy atom. The lowest BCUT2D eigenvalue weighted by Gasteiger charge is -2.27. The number of nitrogens with zero attached hydrogens (tertiary/aromatic N) is 6. The van der Waals surface area contributed by atoms with Crippen LogP contribution in [0.2, 0.25) is 0 Å². The molecule has 4 rings (SSSR count). The van der Waals surface area contributed by atoms with Gasteiger partial charge in [0.05, 0.1) is 6.54 Å². The van der Waals surface area contributed by atoms with E-state index >= 15 is 0 Å². The van der Waals surface area contributed by atoms with Gasteiger partial charge in [-0.25, -0.2) is 14.5 Å². The fourth-order valence-corrected chi connectivity index (χ4v) is 3.77. The quantitative estimate of drug-likeness (QED) is 0.816. The third kappa shape index (κ3) is 2.90. The van der Waals surface area contributed by atoms with Crippen LogP contribution in [0.5, 0.6) is 0 Å². The van der Waals surface area contributed by atoms with Gasteiger partial charge in [0.1, 0.15) is 23.6 Å². The second-order valence-corrected chi connectivity index (χ2v) is 6.83. The summed E-state index contributed by atoms with van der Waals surface area (Å²) in [6, 6.07) is 4.93. The fraction of sp³-hybridized carbons (Fsp3) is 0.500. The Hall–Kier alpha value is -2.95. The number of aromatic nitrogens is 4. The van der Waals surface area contributed by atoms with Crippen LogP contribution in [-0.4, -0.2) is 43.2 Å². The number of carbonyl (C=O) groups excluding carboxylic acids is 1. The van der Waals surface area contributed by atoms with Crippen LogP contribution < -0.4 is 5.69 Å². The number of amides is 1. The van der Waals surface area contributed by atoms with Crippen LogP contribution in [-0.2, 0) is 17.8 Å². The van der Waals surface area contributed by atoms with Crippen molar-refractivity contribution in [1.29, 1.82) is 5.26 Å². The van der Waals surface area contributed by atoms with Crippen LogP contribution in [0.25, 0.3) is 0 Å². The summed E-state index contributed by atoms with van der Waals surface area (Å²) in [5.41, 5.74) is 0.882. The Labute approximate surface area is 150 Å². The SMILES string of the molecule is N#Cc1ccc(Cn2nc3n(c2=O)C(C(=O)N2CCCC2)CCC3)cn1. The van der Waals surface area contributed by atoms with Gasteiger partial charge in [-0.1, -0.05) is 6.07 Å². The van der Waals surface area contributed by atoms with Gasteiger partial charge >= 0.3 is 5.69 Å². The molecule has 0 aromatic carbocycles. The zero-order chi connectivity index (χ0) is 18.1. The van der Waals surface area contributed by atoms with Gasteiger partial charge in [0.15, 0.2) is 0 Å². The van der Waals surface area contributed by atoms with Crippen molar-refractivity contribution in [3.8, 4) is 6.07 Å². The van der Waals surface area contributed by atoms with Gasteiger partial charge in [-0.15, -0.1) is 0 Å². The predicted octanol–water partition coefficient (Wildman–Crippen LogP) is 0.860. The van der Waals surface area contributed by atoms with Crippen LogP contribution in [0.15, 0.2) is 23.1 Å². The van der Waals surface area contributed by atoms with E-state index in [9.17, 15) is 9.59 Å². The van der Waals surface area contributed by atoms with Crippen molar-refractivity contribution < 1.29 is 4.79 Å². The normalized spacial score (nSPS) is 19.2. The number of hydrogen-bond acceptors (Lipinski definition) is 5. The number of likely N-dealkylation sites (tertiary alicyclic amines) is 1. The minimum Gasteiger partial charge on any atom is -0.341 e. The lowest BCUT2D eigenvalue weighted by atomic mass is 10.0. The van der Waals surface area contributed by atoms with Gasteiger partial charge in [0.25, 0.3) is 0 Å². The summed E-state index contributed by atoms with van der Waals surface area (Å²) in [6.07, 6.45) is 5.90. The Kier molecular flexibility index (Phi) is 4.29. The molecule has 1 unspecified atom stereocenters. The molecule has 1 amide bonds. The molecule has 0 N–H and O–H groups in total. The van der Waals surface area contributed by atoms with Crippen LogP contribution in [0.3, 0.4) is 0 Å². The standard InChI is InChI=1S/C18H20N6O2/c19-10-14-7-6-13(11-20-14)12-23-18(26)24-15(4-3-5-16(24)21-23)17(25)22-8-1-2-9-22/h6-7,11,15H,1-5,8-9,12H2. The summed E-state index contributed by atoms with van der Waals surface area (Å²) in [7, 11) is 0. The van der Waals surface area contributed by atoms with Gasteiger partial charge < -0.3 is 4.90 Å². The zero-order valence-electron chi connectivity index (χ0n) is 14.5. The first-order valence-corrected chi connectivity index (χ1v) is 8.99. The Morgan fingerprint density at radius 2 is 2.08 bits per heavy atom. The van der Waals surface area contributed by atoms with Crippen molar-refractivity contribution in [2.24, 2.45) is 0 Å². The van der Waals surface area contributed by atoms with E-state index in [1.165, 1.54) is 4.68 Å². The minimum absolute atomic E-state index is 0.0464. The summed E-state index contributed by atoms with van der Waals surface area (Å²) in [5, 5.41) is 13.3. The molecule has 1 atom stereocenters. The van der Waals surface area contributed by atoms with Gasteiger partial charge in [-0.2, -0.15) is 10.4 Å². The molecule has 4 heterocycles. The van der Waals surface area contributed by atoms with Gasteiger partial charge in [0.2, 0.25) is 5.91 Å². The lowest BCUT2D eigenvalue weighted by Crippen LogP contribution is -2.41. The van der Waals surface area contributed by atoms with Crippen molar-refractivity contribution in [2.75, 3.05) is 13.1 Å². The van der Waals surface area contributed by atoms with Gasteiger partial charge in [-0.3, -0.25) is 9.36 Å². The van der Waals surface area contributed by atoms with E-state index in [4.69, 9.17) is 5.26 Å². The molecule has 1 saturated heterocycles. The average molecular weight is 352 g/mol. The van der Waals surface area contributed by atoms with Crippen LogP contribution >= 0.6 is 0 Å². The smallest absolute Gasteiger partial charge is 0.341 e. The number of aryl methyl sites for hydroxylation is 1. The Bertz CT molecular complexity index is 915. The summed E-state index contributed by atoms with van der Waals surface area (Å²) in [4.78, 5) is 31.6. The molecule has 0 radical (unpaired) electrons. The van der Waals surface area contributed by atoms with Crippen molar-refractivity contribution in [3.63, 3.8) is 0 Å². The summed E-state index contributed by atoms with van der Waals surface area (Å²) in [5.74, 6) is 0.727. The third-order valence-corrected chi connectivity index (χ3v) is 5.11. The number of hydrogen-bond donors (Lipinski definition) is 0. The molecule has 8 nitrogen and oxygen atoms in total. The van der Waals surface area contributed by atoms with E-state index in [1.54, 1.807) is 22.9 Å². The van der Waals surface area contributed by atoms with Crippen LogP contribution in [0, 0.1) is 11.3 Å². The summed E-state index contributed by atoms with van der Waals surface area (Å²) < 4.78 is 2.98. The van der Waals surface area contributed by atoms with E-state index in [-0.39, 0.29) is 18.1 Å². The molecule has 0 aliphatic carbocycles. The maximum absolute atomic E-state index is 12.9. The van der Waals surface area contributed by atoms with E-state index in [0.717, 1.165) is 37.9 Å². The number of carbonyl (C=O) groups is 1. The van der Waals surface area contributed by atoms with Crippen LogP contribution in [0.4, 0.5) is 0 Å². The highest BCUT2D eigenvalue weighted by atomic mass is 16.2. The maximum atomic E-state index is 12.9. The molecule has 2 aromatic heterocycles. The summed E-state index contributed by atoms with van der Waals surface area (Å²) >= 11 is 0. The van der Waals surface area contributed by atoms with Crippen molar-refractivity contribution in [1.82, 2.24) is 24.2 Å². The first-order chi connectivity index (χ1) is 12.7. The topological polar surface area (TPSA) is 96.8 Å². The molecule has 2 aliphatic heterocycles. The molecule has 0 spiro atoms. The second kappa shape index (κ2) is 6.75. The van der Waals surface area contributed by atoms with E-state index in [0.29, 0.717) is 24.4 Å². The summed E-state index contributed by atoms with van der Waals surface area (Å²) in [6.45, 7) is 1.84. The van der Waals surface area contributed by atoms with E-state index in [1.807, 2.05) is 11.0 Å². The molecule has 2 aliphatic rings. The molecule has 0 saturated carbocycles. The second-order valence-electron chi connectivity index (χ2n) is 6.83. The van der Waals surface area contributed by atoms with Gasteiger partial charge in [-0.05, 0) is 37.3 Å². The number of pyridine rings is 1. The van der Waals surface area contributed by atoms with E-state index < -0.39 is 6.04 Å². The monoisotopic (exact) mass is 352 g/mol. The molecule has 134 valence electrons. The highest BCUT2D eigenvalue weighted by molar-refractivity contribution is 5.80. The van der Waals surface area contributed by atoms with E-state index in [2.05, 4.69) is 10.1 Å². The van der Waals surface area contributed by atoms with Crippen molar-refractivity contribution >= 4 is 5.91 Å². The number of fused-ring (bicyclic) bond motifs is 1. The molecule has 26 heavy (non-hydrogen) atoms. The average Bonchev–Trinajstić information content (AvgIpc) is 3.31. The largest absolute Gasteiger partial charge is 0.346 e. The zero-order valence-corrected chi connectivity index (χ0v) is 14.5. The fourth-order valence-electron chi connectivity index (χ4n) is 3.77. The first-order valence-electron chi connectivity index (χ1n) is 8.99. The molecule has 1 fully saturated rings. The van der Waals surface area contributed by atoms with Crippen molar-refractivity contribution in [3.05, 3.63) is 45.9 Å². The highest BCUT2D eigenvalue weighted by Gasteiger charge is 2.34. The van der Waals surface area contributed by atoms with Gasteiger partial charge in [0, 0.05) is 25.7 Å². The number of rotatable bonds is 3. The Morgan fingerprint density at radius 1 is 1.27 bits per heavy atom. The minimum atomic E-state index is -0.433. The van der Waals surface area contributed by atoms with Crippen molar-refractivity contribution in [2.45, 2.75) is 44.7 Å². The predicted molar refractivity (Wildman–Crippen MR) is 92.3 cm³/mol. The molecule has 2 aromatic rings. The lowest BCUT2D eigenvalue weighted by molar-refractivity contribution is -0.134. The Balaban J connectivity index is 1.62. The first kappa shape index (κ1) is 16.5.